The van der Waals surface area contributed by atoms with Crippen molar-refractivity contribution in [1.82, 2.24) is 4.98 Å². The molecule has 42 heavy (non-hydrogen) atoms. The summed E-state index contributed by atoms with van der Waals surface area (Å²) in [6, 6.07) is 25.4. The van der Waals surface area contributed by atoms with E-state index < -0.39 is 10.1 Å². The number of rotatable bonds is 10. The number of hydrogen-bond acceptors (Lipinski definition) is 7. The van der Waals surface area contributed by atoms with Crippen LogP contribution < -0.4 is 10.1 Å². The van der Waals surface area contributed by atoms with Gasteiger partial charge in [0.25, 0.3) is 16.0 Å². The molecule has 0 bridgehead atoms. The van der Waals surface area contributed by atoms with E-state index in [0.717, 1.165) is 38.0 Å². The molecule has 0 saturated carbocycles. The SMILES string of the molecule is CCOCOc1ccc2nc(NC(=O)c3cccc(C(C)c4cccc(-c5cc(S(=O)(=O)O)ccc5C)c4)c3)sc2c1. The van der Waals surface area contributed by atoms with Crippen LogP contribution in [0.15, 0.2) is 89.8 Å². The normalized spacial score (nSPS) is 12.3. The van der Waals surface area contributed by atoms with Crippen LogP contribution in [0.2, 0.25) is 0 Å². The number of nitrogens with zero attached hydrogens (tertiary/aromatic N) is 1. The van der Waals surface area contributed by atoms with Gasteiger partial charge in [0.15, 0.2) is 11.9 Å². The van der Waals surface area contributed by atoms with Crippen LogP contribution in [0.4, 0.5) is 5.13 Å². The summed E-state index contributed by atoms with van der Waals surface area (Å²) in [5, 5.41) is 3.40. The summed E-state index contributed by atoms with van der Waals surface area (Å²) in [5.41, 5.74) is 5.65. The molecule has 4 aromatic carbocycles. The van der Waals surface area contributed by atoms with Crippen molar-refractivity contribution in [3.63, 3.8) is 0 Å². The number of aryl methyl sites for hydroxylation is 1. The average molecular weight is 603 g/mol. The lowest BCUT2D eigenvalue weighted by Gasteiger charge is -2.16. The van der Waals surface area contributed by atoms with Crippen molar-refractivity contribution in [2.24, 2.45) is 0 Å². The maximum atomic E-state index is 13.2. The number of thiazole rings is 1. The Bertz CT molecular complexity index is 1870. The van der Waals surface area contributed by atoms with Crippen molar-refractivity contribution in [3.05, 3.63) is 107 Å². The van der Waals surface area contributed by atoms with Crippen LogP contribution in [0.3, 0.4) is 0 Å². The monoisotopic (exact) mass is 602 g/mol. The van der Waals surface area contributed by atoms with Crippen molar-refractivity contribution in [2.45, 2.75) is 31.6 Å². The van der Waals surface area contributed by atoms with Gasteiger partial charge in [-0.1, -0.05) is 60.7 Å². The minimum atomic E-state index is -4.32. The number of amides is 1. The Morgan fingerprint density at radius 2 is 1.76 bits per heavy atom. The van der Waals surface area contributed by atoms with Crippen molar-refractivity contribution >= 4 is 42.7 Å². The summed E-state index contributed by atoms with van der Waals surface area (Å²) in [4.78, 5) is 17.6. The van der Waals surface area contributed by atoms with Crippen molar-refractivity contribution < 1.29 is 27.2 Å². The molecule has 1 atom stereocenters. The molecule has 5 rings (SSSR count). The van der Waals surface area contributed by atoms with Gasteiger partial charge >= 0.3 is 0 Å². The standard InChI is InChI=1S/C32H30N2O6S2/c1-4-39-19-40-26-12-14-29-30(17-26)41-32(33-29)34-31(35)25-10-6-8-23(16-25)21(3)22-7-5-9-24(15-22)28-18-27(42(36,37)38)13-11-20(28)2/h5-18,21H,4,19H2,1-3H3,(H,33,34,35)(H,36,37,38). The number of aromatic nitrogens is 1. The Morgan fingerprint density at radius 3 is 2.52 bits per heavy atom. The summed E-state index contributed by atoms with van der Waals surface area (Å²) < 4.78 is 44.6. The van der Waals surface area contributed by atoms with E-state index in [1.54, 1.807) is 12.1 Å². The fourth-order valence-electron chi connectivity index (χ4n) is 4.60. The minimum absolute atomic E-state index is 0.0553. The van der Waals surface area contributed by atoms with Gasteiger partial charge in [-0.2, -0.15) is 8.42 Å². The third-order valence-electron chi connectivity index (χ3n) is 6.95. The molecule has 0 radical (unpaired) electrons. The number of benzene rings is 4. The number of anilines is 1. The first-order chi connectivity index (χ1) is 20.1. The molecule has 1 unspecified atom stereocenters. The van der Waals surface area contributed by atoms with E-state index in [1.165, 1.54) is 23.5 Å². The van der Waals surface area contributed by atoms with Crippen molar-refractivity contribution in [3.8, 4) is 16.9 Å². The molecule has 10 heteroatoms. The smallest absolute Gasteiger partial charge is 0.294 e. The largest absolute Gasteiger partial charge is 0.468 e. The molecule has 0 aliphatic carbocycles. The zero-order valence-electron chi connectivity index (χ0n) is 23.3. The van der Waals surface area contributed by atoms with Gasteiger partial charge in [0.05, 0.1) is 15.1 Å². The zero-order chi connectivity index (χ0) is 29.9. The first kappa shape index (κ1) is 29.4. The molecule has 0 fully saturated rings. The second-order valence-corrected chi connectivity index (χ2v) is 12.2. The quantitative estimate of drug-likeness (QED) is 0.0979. The van der Waals surface area contributed by atoms with E-state index in [0.29, 0.717) is 23.1 Å². The van der Waals surface area contributed by atoms with Gasteiger partial charge in [0.2, 0.25) is 0 Å². The predicted octanol–water partition coefficient (Wildman–Crippen LogP) is 7.30. The highest BCUT2D eigenvalue weighted by Gasteiger charge is 2.16. The van der Waals surface area contributed by atoms with Crippen LogP contribution in [-0.2, 0) is 14.9 Å². The zero-order valence-corrected chi connectivity index (χ0v) is 25.0. The molecule has 1 aromatic heterocycles. The molecule has 8 nitrogen and oxygen atoms in total. The molecule has 216 valence electrons. The number of hydrogen-bond donors (Lipinski definition) is 2. The Hall–Kier alpha value is -4.09. The average Bonchev–Trinajstić information content (AvgIpc) is 3.38. The van der Waals surface area contributed by atoms with E-state index in [2.05, 4.69) is 17.2 Å². The molecule has 0 saturated heterocycles. The Morgan fingerprint density at radius 1 is 1.00 bits per heavy atom. The number of fused-ring (bicyclic) bond motifs is 1. The van der Waals surface area contributed by atoms with Crippen LogP contribution >= 0.6 is 11.3 Å². The van der Waals surface area contributed by atoms with Gasteiger partial charge in [-0.25, -0.2) is 4.98 Å². The van der Waals surface area contributed by atoms with Crippen LogP contribution in [0.5, 0.6) is 5.75 Å². The fraction of sp³-hybridized carbons (Fsp3) is 0.188. The highest BCUT2D eigenvalue weighted by atomic mass is 32.2. The first-order valence-corrected chi connectivity index (χ1v) is 15.6. The fourth-order valence-corrected chi connectivity index (χ4v) is 6.00. The van der Waals surface area contributed by atoms with Crippen LogP contribution in [-0.4, -0.2) is 37.3 Å². The Labute approximate surface area is 248 Å². The molecule has 1 amide bonds. The number of ether oxygens (including phenoxy) is 2. The van der Waals surface area contributed by atoms with Crippen molar-refractivity contribution in [1.29, 1.82) is 0 Å². The van der Waals surface area contributed by atoms with Crippen LogP contribution in [0.25, 0.3) is 21.3 Å². The van der Waals surface area contributed by atoms with E-state index in [-0.39, 0.29) is 23.5 Å². The number of nitrogens with one attached hydrogen (secondary N) is 1. The van der Waals surface area contributed by atoms with Gasteiger partial charge in [0, 0.05) is 18.1 Å². The second kappa shape index (κ2) is 12.4. The van der Waals surface area contributed by atoms with Gasteiger partial charge in [-0.15, -0.1) is 0 Å². The van der Waals surface area contributed by atoms with E-state index in [4.69, 9.17) is 9.47 Å². The second-order valence-electron chi connectivity index (χ2n) is 9.78. The summed E-state index contributed by atoms with van der Waals surface area (Å²) in [5.74, 6) is 0.354. The molecule has 5 aromatic rings. The first-order valence-electron chi connectivity index (χ1n) is 13.3. The Balaban J connectivity index is 1.34. The number of carbonyl (C=O) groups is 1. The maximum Gasteiger partial charge on any atom is 0.294 e. The number of carbonyl (C=O) groups excluding carboxylic acids is 1. The van der Waals surface area contributed by atoms with E-state index in [9.17, 15) is 17.8 Å². The summed E-state index contributed by atoms with van der Waals surface area (Å²) in [7, 11) is -4.32. The molecule has 0 aliphatic rings. The lowest BCUT2D eigenvalue weighted by molar-refractivity contribution is 0.0225. The molecule has 2 N–H and O–H groups in total. The third kappa shape index (κ3) is 6.69. The summed E-state index contributed by atoms with van der Waals surface area (Å²) in [6.07, 6.45) is 0. The van der Waals surface area contributed by atoms with Gasteiger partial charge in [0.1, 0.15) is 5.75 Å². The van der Waals surface area contributed by atoms with Gasteiger partial charge in [-0.05, 0) is 84.1 Å². The molecule has 1 heterocycles. The summed E-state index contributed by atoms with van der Waals surface area (Å²) >= 11 is 1.37. The van der Waals surface area contributed by atoms with Gasteiger partial charge < -0.3 is 9.47 Å². The maximum absolute atomic E-state index is 13.2. The minimum Gasteiger partial charge on any atom is -0.468 e. The van der Waals surface area contributed by atoms with Gasteiger partial charge in [-0.3, -0.25) is 14.7 Å². The Kier molecular flexibility index (Phi) is 8.69. The lowest BCUT2D eigenvalue weighted by atomic mass is 9.89. The highest BCUT2D eigenvalue weighted by Crippen LogP contribution is 2.32. The predicted molar refractivity (Wildman–Crippen MR) is 165 cm³/mol. The summed E-state index contributed by atoms with van der Waals surface area (Å²) in [6.45, 7) is 6.58. The van der Waals surface area contributed by atoms with Crippen LogP contribution in [0, 0.1) is 6.92 Å². The molecular formula is C32H30N2O6S2. The van der Waals surface area contributed by atoms with E-state index >= 15 is 0 Å². The van der Waals surface area contributed by atoms with Crippen molar-refractivity contribution in [2.75, 3.05) is 18.7 Å². The van der Waals surface area contributed by atoms with Crippen LogP contribution in [0.1, 0.15) is 46.8 Å². The lowest BCUT2D eigenvalue weighted by Crippen LogP contribution is -2.12. The molecular weight excluding hydrogens is 572 g/mol. The molecule has 0 aliphatic heterocycles. The topological polar surface area (TPSA) is 115 Å². The highest BCUT2D eigenvalue weighted by molar-refractivity contribution is 7.85. The third-order valence-corrected chi connectivity index (χ3v) is 8.73. The molecule has 0 spiro atoms. The van der Waals surface area contributed by atoms with E-state index in [1.807, 2.05) is 74.5 Å².